The predicted molar refractivity (Wildman–Crippen MR) is 99.8 cm³/mol. The van der Waals surface area contributed by atoms with Crippen LogP contribution in [0.25, 0.3) is 6.08 Å². The van der Waals surface area contributed by atoms with E-state index in [4.69, 9.17) is 16.3 Å². The van der Waals surface area contributed by atoms with Crippen molar-refractivity contribution < 1.29 is 24.2 Å². The zero-order valence-corrected chi connectivity index (χ0v) is 15.2. The summed E-state index contributed by atoms with van der Waals surface area (Å²) in [7, 11) is 1.35. The van der Waals surface area contributed by atoms with Gasteiger partial charge < -0.3 is 9.84 Å². The Labute approximate surface area is 159 Å². The minimum atomic E-state index is -0.869. The number of hydrogen-bond acceptors (Lipinski definition) is 5. The summed E-state index contributed by atoms with van der Waals surface area (Å²) in [5.74, 6) is -1.88. The van der Waals surface area contributed by atoms with Crippen LogP contribution in [0.1, 0.15) is 11.1 Å². The van der Waals surface area contributed by atoms with E-state index in [2.05, 4.69) is 5.32 Å². The molecule has 2 aromatic carbocycles. The second-order valence-electron chi connectivity index (χ2n) is 5.84. The molecule has 0 unspecified atom stereocenters. The lowest BCUT2D eigenvalue weighted by molar-refractivity contribution is -0.122. The number of rotatable bonds is 3. The molecule has 7 nitrogen and oxygen atoms in total. The van der Waals surface area contributed by atoms with E-state index in [-0.39, 0.29) is 27.7 Å². The fourth-order valence-corrected chi connectivity index (χ4v) is 2.82. The van der Waals surface area contributed by atoms with Crippen LogP contribution in [0.15, 0.2) is 42.0 Å². The number of ether oxygens (including phenoxy) is 1. The summed E-state index contributed by atoms with van der Waals surface area (Å²) >= 11 is 5.98. The van der Waals surface area contributed by atoms with E-state index in [0.29, 0.717) is 5.69 Å². The molecule has 0 bridgehead atoms. The summed E-state index contributed by atoms with van der Waals surface area (Å²) in [6.45, 7) is 1.87. The average Bonchev–Trinajstić information content (AvgIpc) is 2.62. The van der Waals surface area contributed by atoms with Gasteiger partial charge in [0.05, 0.1) is 12.8 Å². The van der Waals surface area contributed by atoms with Gasteiger partial charge in [-0.15, -0.1) is 0 Å². The summed E-state index contributed by atoms with van der Waals surface area (Å²) in [6.07, 6.45) is 1.16. The van der Waals surface area contributed by atoms with Crippen molar-refractivity contribution in [2.24, 2.45) is 0 Å². The number of phenols is 1. The molecule has 1 aliphatic rings. The number of nitrogens with zero attached hydrogens (tertiary/aromatic N) is 1. The molecule has 0 atom stereocenters. The maximum Gasteiger partial charge on any atom is 0.335 e. The van der Waals surface area contributed by atoms with Gasteiger partial charge >= 0.3 is 6.03 Å². The number of barbiturate groups is 1. The molecule has 3 rings (SSSR count). The Hall–Kier alpha value is -3.32. The molecule has 1 heterocycles. The van der Waals surface area contributed by atoms with Crippen molar-refractivity contribution in [3.63, 3.8) is 0 Å². The third-order valence-electron chi connectivity index (χ3n) is 3.98. The number of benzene rings is 2. The largest absolute Gasteiger partial charge is 0.504 e. The molecule has 2 N–H and O–H groups in total. The van der Waals surface area contributed by atoms with Gasteiger partial charge in [0, 0.05) is 16.7 Å². The monoisotopic (exact) mass is 386 g/mol. The molecule has 2 aromatic rings. The minimum Gasteiger partial charge on any atom is -0.504 e. The third-order valence-corrected chi connectivity index (χ3v) is 4.20. The van der Waals surface area contributed by atoms with E-state index < -0.39 is 17.8 Å². The highest BCUT2D eigenvalue weighted by Gasteiger charge is 2.37. The molecule has 0 saturated carbocycles. The number of urea groups is 1. The quantitative estimate of drug-likeness (QED) is 0.624. The first kappa shape index (κ1) is 18.5. The van der Waals surface area contributed by atoms with Crippen molar-refractivity contribution >= 4 is 41.2 Å². The van der Waals surface area contributed by atoms with Crippen LogP contribution in [0, 0.1) is 6.92 Å². The number of methoxy groups -OCH3 is 1. The predicted octanol–water partition coefficient (Wildman–Crippen LogP) is 3.03. The number of aryl methyl sites for hydroxylation is 1. The molecule has 1 fully saturated rings. The molecule has 0 spiro atoms. The van der Waals surface area contributed by atoms with Gasteiger partial charge in [-0.05, 0) is 31.2 Å². The van der Waals surface area contributed by atoms with Crippen LogP contribution >= 0.6 is 11.6 Å². The Morgan fingerprint density at radius 1 is 1.15 bits per heavy atom. The van der Waals surface area contributed by atoms with Crippen LogP contribution in [0.3, 0.4) is 0 Å². The molecule has 27 heavy (non-hydrogen) atoms. The first-order valence-electron chi connectivity index (χ1n) is 7.86. The highest BCUT2D eigenvalue weighted by molar-refractivity contribution is 6.39. The fraction of sp³-hybridized carbons (Fsp3) is 0.105. The average molecular weight is 387 g/mol. The Bertz CT molecular complexity index is 982. The number of carbonyl (C=O) groups is 3. The number of halogens is 1. The summed E-state index contributed by atoms with van der Waals surface area (Å²) in [5, 5.41) is 12.6. The SMILES string of the molecule is COc1cc(Cl)cc(/C=C2\C(=O)NC(=O)N(c3ccc(C)cc3)C2=O)c1O. The molecule has 4 amide bonds. The molecule has 0 radical (unpaired) electrons. The molecule has 138 valence electrons. The Kier molecular flexibility index (Phi) is 4.87. The number of anilines is 1. The Morgan fingerprint density at radius 3 is 2.44 bits per heavy atom. The summed E-state index contributed by atoms with van der Waals surface area (Å²) in [4.78, 5) is 38.1. The second-order valence-corrected chi connectivity index (χ2v) is 6.28. The van der Waals surface area contributed by atoms with Gasteiger partial charge in [0.2, 0.25) is 0 Å². The maximum absolute atomic E-state index is 12.8. The highest BCUT2D eigenvalue weighted by Crippen LogP contribution is 2.35. The number of aromatic hydroxyl groups is 1. The van der Waals surface area contributed by atoms with Gasteiger partial charge in [-0.25, -0.2) is 9.69 Å². The second kappa shape index (κ2) is 7.13. The zero-order chi connectivity index (χ0) is 19.7. The van der Waals surface area contributed by atoms with Gasteiger partial charge in [-0.2, -0.15) is 0 Å². The summed E-state index contributed by atoms with van der Waals surface area (Å²) in [6, 6.07) is 8.59. The highest BCUT2D eigenvalue weighted by atomic mass is 35.5. The van der Waals surface area contributed by atoms with E-state index in [1.54, 1.807) is 24.3 Å². The summed E-state index contributed by atoms with van der Waals surface area (Å²) in [5.41, 5.74) is 1.05. The van der Waals surface area contributed by atoms with Gasteiger partial charge in [0.25, 0.3) is 11.8 Å². The van der Waals surface area contributed by atoms with Gasteiger partial charge in [-0.1, -0.05) is 29.3 Å². The Morgan fingerprint density at radius 2 is 1.81 bits per heavy atom. The van der Waals surface area contributed by atoms with Crippen molar-refractivity contribution in [1.82, 2.24) is 5.32 Å². The fourth-order valence-electron chi connectivity index (χ4n) is 2.60. The van der Waals surface area contributed by atoms with Gasteiger partial charge in [0.15, 0.2) is 11.5 Å². The van der Waals surface area contributed by atoms with Crippen LogP contribution in [0.4, 0.5) is 10.5 Å². The van der Waals surface area contributed by atoms with Gasteiger partial charge in [0.1, 0.15) is 5.57 Å². The summed E-state index contributed by atoms with van der Waals surface area (Å²) < 4.78 is 5.01. The lowest BCUT2D eigenvalue weighted by Gasteiger charge is -2.26. The molecular weight excluding hydrogens is 372 g/mol. The van der Waals surface area contributed by atoms with Crippen molar-refractivity contribution in [3.05, 3.63) is 58.1 Å². The topological polar surface area (TPSA) is 95.9 Å². The molecule has 1 saturated heterocycles. The molecule has 0 aromatic heterocycles. The third kappa shape index (κ3) is 3.50. The van der Waals surface area contributed by atoms with Crippen molar-refractivity contribution in [2.45, 2.75) is 6.92 Å². The number of carbonyl (C=O) groups excluding carboxylic acids is 3. The first-order chi connectivity index (χ1) is 12.8. The van der Waals surface area contributed by atoms with Crippen molar-refractivity contribution in [2.75, 3.05) is 12.0 Å². The molecular formula is C19H15ClN2O5. The Balaban J connectivity index is 2.07. The minimum absolute atomic E-state index is 0.0875. The zero-order valence-electron chi connectivity index (χ0n) is 14.4. The lowest BCUT2D eigenvalue weighted by Crippen LogP contribution is -2.54. The van der Waals surface area contributed by atoms with Crippen LogP contribution in [-0.4, -0.2) is 30.1 Å². The van der Waals surface area contributed by atoms with Crippen molar-refractivity contribution in [3.8, 4) is 11.5 Å². The first-order valence-corrected chi connectivity index (χ1v) is 8.24. The number of phenolic OH excluding ortho intramolecular Hbond substituents is 1. The number of hydrogen-bond donors (Lipinski definition) is 2. The van der Waals surface area contributed by atoms with Crippen LogP contribution in [-0.2, 0) is 9.59 Å². The standard InChI is InChI=1S/C19H15ClN2O5/c1-10-3-5-13(6-4-10)22-18(25)14(17(24)21-19(22)26)8-11-7-12(20)9-15(27-2)16(11)23/h3-9,23H,1-2H3,(H,21,24,26)/b14-8+. The van der Waals surface area contributed by atoms with Crippen LogP contribution in [0.2, 0.25) is 5.02 Å². The van der Waals surface area contributed by atoms with Crippen LogP contribution < -0.4 is 15.0 Å². The van der Waals surface area contributed by atoms with E-state index in [1.165, 1.54) is 19.2 Å². The normalized spacial score (nSPS) is 15.9. The van der Waals surface area contributed by atoms with Gasteiger partial charge in [-0.3, -0.25) is 14.9 Å². The van der Waals surface area contributed by atoms with E-state index in [1.807, 2.05) is 6.92 Å². The molecule has 1 aliphatic heterocycles. The number of imide groups is 2. The molecule has 8 heteroatoms. The number of nitrogens with one attached hydrogen (secondary N) is 1. The van der Waals surface area contributed by atoms with E-state index in [9.17, 15) is 19.5 Å². The number of amides is 4. The lowest BCUT2D eigenvalue weighted by atomic mass is 10.1. The van der Waals surface area contributed by atoms with E-state index in [0.717, 1.165) is 16.5 Å². The maximum atomic E-state index is 12.8. The van der Waals surface area contributed by atoms with Crippen LogP contribution in [0.5, 0.6) is 11.5 Å². The molecule has 0 aliphatic carbocycles. The van der Waals surface area contributed by atoms with E-state index >= 15 is 0 Å². The van der Waals surface area contributed by atoms with Crippen molar-refractivity contribution in [1.29, 1.82) is 0 Å². The smallest absolute Gasteiger partial charge is 0.335 e.